The monoisotopic (exact) mass is 130 g/mol. The van der Waals surface area contributed by atoms with Crippen LogP contribution < -0.4 is 5.32 Å². The van der Waals surface area contributed by atoms with E-state index in [2.05, 4.69) is 11.2 Å². The van der Waals surface area contributed by atoms with Crippen LogP contribution in [0.5, 0.6) is 0 Å². The topological polar surface area (TPSA) is 14.1 Å². The molecule has 1 heteroatoms. The van der Waals surface area contributed by atoms with Gasteiger partial charge in [-0.3, -0.25) is 5.32 Å². The molecule has 0 aliphatic rings. The molecule has 0 spiro atoms. The van der Waals surface area contributed by atoms with E-state index < -0.39 is 0 Å². The minimum Gasteiger partial charge on any atom is -0.289 e. The molecule has 0 heterocycles. The number of nitrogens with zero attached hydrogens (tertiary/aromatic N) is 1. The third-order valence-corrected chi connectivity index (χ3v) is 1.29. The Bertz CT molecular complexity index is 240. The fourth-order valence-electron chi connectivity index (χ4n) is 0.707. The highest BCUT2D eigenvalue weighted by molar-refractivity contribution is 5.42. The Morgan fingerprint density at radius 1 is 1.30 bits per heavy atom. The van der Waals surface area contributed by atoms with Crippen molar-refractivity contribution in [1.29, 1.82) is 0 Å². The van der Waals surface area contributed by atoms with Crippen LogP contribution in [0.2, 0.25) is 0 Å². The molecular formula is C9H8N. The van der Waals surface area contributed by atoms with Gasteiger partial charge in [0.2, 0.25) is 0 Å². The van der Waals surface area contributed by atoms with E-state index in [1.807, 2.05) is 24.3 Å². The van der Waals surface area contributed by atoms with Gasteiger partial charge in [0.05, 0.1) is 5.69 Å². The molecule has 0 saturated heterocycles. The first kappa shape index (κ1) is 6.70. The number of hydrogen-bond donors (Lipinski definition) is 0. The largest absolute Gasteiger partial charge is 0.289 e. The molecule has 0 aliphatic heterocycles. The van der Waals surface area contributed by atoms with E-state index in [4.69, 9.17) is 6.42 Å². The molecule has 0 amide bonds. The van der Waals surface area contributed by atoms with Gasteiger partial charge in [-0.05, 0) is 24.3 Å². The fraction of sp³-hybridized carbons (Fsp3) is 0.111. The SMILES string of the molecule is C#Cc1ccc([N]C)cc1. The van der Waals surface area contributed by atoms with E-state index in [0.29, 0.717) is 0 Å². The zero-order valence-corrected chi connectivity index (χ0v) is 5.83. The van der Waals surface area contributed by atoms with Crippen molar-refractivity contribution in [2.45, 2.75) is 0 Å². The summed E-state index contributed by atoms with van der Waals surface area (Å²) in [6.45, 7) is 0. The molecule has 0 aromatic heterocycles. The Morgan fingerprint density at radius 3 is 2.30 bits per heavy atom. The van der Waals surface area contributed by atoms with Crippen molar-refractivity contribution in [1.82, 2.24) is 5.32 Å². The lowest BCUT2D eigenvalue weighted by atomic mass is 10.2. The highest BCUT2D eigenvalue weighted by Gasteiger charge is 1.87. The summed E-state index contributed by atoms with van der Waals surface area (Å²) < 4.78 is 0. The number of rotatable bonds is 1. The van der Waals surface area contributed by atoms with Gasteiger partial charge in [0.25, 0.3) is 0 Å². The third kappa shape index (κ3) is 1.29. The van der Waals surface area contributed by atoms with Crippen LogP contribution in [0.3, 0.4) is 0 Å². The molecule has 1 radical (unpaired) electrons. The second kappa shape index (κ2) is 2.93. The molecule has 0 aliphatic carbocycles. The normalized spacial score (nSPS) is 8.40. The quantitative estimate of drug-likeness (QED) is 0.512. The lowest BCUT2D eigenvalue weighted by Gasteiger charge is -1.94. The van der Waals surface area contributed by atoms with Crippen molar-refractivity contribution >= 4 is 5.69 Å². The van der Waals surface area contributed by atoms with Crippen LogP contribution in [0.4, 0.5) is 5.69 Å². The summed E-state index contributed by atoms with van der Waals surface area (Å²) in [5.41, 5.74) is 1.85. The molecule has 0 saturated carbocycles. The summed E-state index contributed by atoms with van der Waals surface area (Å²) >= 11 is 0. The van der Waals surface area contributed by atoms with Gasteiger partial charge in [0.15, 0.2) is 0 Å². The van der Waals surface area contributed by atoms with Crippen molar-refractivity contribution in [2.24, 2.45) is 0 Å². The van der Waals surface area contributed by atoms with Crippen molar-refractivity contribution in [3.63, 3.8) is 0 Å². The highest BCUT2D eigenvalue weighted by atomic mass is 14.8. The van der Waals surface area contributed by atoms with Crippen LogP contribution in [0.25, 0.3) is 0 Å². The number of terminal acetylenes is 1. The second-order valence-electron chi connectivity index (χ2n) is 1.91. The highest BCUT2D eigenvalue weighted by Crippen LogP contribution is 2.06. The van der Waals surface area contributed by atoms with Crippen LogP contribution in [0, 0.1) is 12.3 Å². The Hall–Kier alpha value is -1.42. The Labute approximate surface area is 61.1 Å². The number of hydrogen-bond acceptors (Lipinski definition) is 0. The average Bonchev–Trinajstić information content (AvgIpc) is 2.05. The van der Waals surface area contributed by atoms with E-state index in [1.54, 1.807) is 7.05 Å². The summed E-state index contributed by atoms with van der Waals surface area (Å²) in [6.07, 6.45) is 5.16. The predicted molar refractivity (Wildman–Crippen MR) is 42.1 cm³/mol. The second-order valence-corrected chi connectivity index (χ2v) is 1.91. The Balaban J connectivity index is 2.93. The van der Waals surface area contributed by atoms with E-state index in [1.165, 1.54) is 0 Å². The molecule has 0 fully saturated rings. The third-order valence-electron chi connectivity index (χ3n) is 1.29. The molecule has 1 rings (SSSR count). The maximum absolute atomic E-state index is 5.16. The van der Waals surface area contributed by atoms with Crippen molar-refractivity contribution in [3.8, 4) is 12.3 Å². The van der Waals surface area contributed by atoms with E-state index >= 15 is 0 Å². The molecule has 0 unspecified atom stereocenters. The molecule has 0 atom stereocenters. The van der Waals surface area contributed by atoms with Gasteiger partial charge >= 0.3 is 0 Å². The van der Waals surface area contributed by atoms with Gasteiger partial charge in [-0.1, -0.05) is 5.92 Å². The van der Waals surface area contributed by atoms with Gasteiger partial charge in [0.1, 0.15) is 0 Å². The summed E-state index contributed by atoms with van der Waals surface area (Å²) in [7, 11) is 1.75. The molecule has 10 heavy (non-hydrogen) atoms. The van der Waals surface area contributed by atoms with Gasteiger partial charge in [-0.25, -0.2) is 0 Å². The minimum atomic E-state index is 0.896. The van der Waals surface area contributed by atoms with Gasteiger partial charge in [-0.2, -0.15) is 0 Å². The summed E-state index contributed by atoms with van der Waals surface area (Å²) in [4.78, 5) is 0. The van der Waals surface area contributed by atoms with Crippen LogP contribution in [-0.4, -0.2) is 7.05 Å². The summed E-state index contributed by atoms with van der Waals surface area (Å²) in [6, 6.07) is 7.55. The standard InChI is InChI=1S/C9H8N/c1-3-8-4-6-9(10-2)7-5-8/h1,4-7H,2H3. The summed E-state index contributed by atoms with van der Waals surface area (Å²) in [5.74, 6) is 2.54. The molecule has 0 bridgehead atoms. The van der Waals surface area contributed by atoms with Crippen LogP contribution >= 0.6 is 0 Å². The maximum atomic E-state index is 5.16. The van der Waals surface area contributed by atoms with E-state index in [9.17, 15) is 0 Å². The lowest BCUT2D eigenvalue weighted by molar-refractivity contribution is 1.09. The lowest BCUT2D eigenvalue weighted by Crippen LogP contribution is -1.84. The molecule has 1 nitrogen and oxygen atoms in total. The molecular weight excluding hydrogens is 122 g/mol. The summed E-state index contributed by atoms with van der Waals surface area (Å²) in [5, 5.41) is 3.98. The fourth-order valence-corrected chi connectivity index (χ4v) is 0.707. The van der Waals surface area contributed by atoms with Gasteiger partial charge in [0, 0.05) is 12.6 Å². The zero-order valence-electron chi connectivity index (χ0n) is 5.83. The van der Waals surface area contributed by atoms with Crippen molar-refractivity contribution in [3.05, 3.63) is 29.8 Å². The van der Waals surface area contributed by atoms with Gasteiger partial charge in [-0.15, -0.1) is 6.42 Å². The van der Waals surface area contributed by atoms with Crippen LogP contribution in [0.1, 0.15) is 5.56 Å². The molecule has 0 N–H and O–H groups in total. The molecule has 1 aromatic rings. The van der Waals surface area contributed by atoms with E-state index in [-0.39, 0.29) is 0 Å². The first-order chi connectivity index (χ1) is 4.86. The average molecular weight is 130 g/mol. The van der Waals surface area contributed by atoms with Crippen molar-refractivity contribution < 1.29 is 0 Å². The first-order valence-electron chi connectivity index (χ1n) is 3.03. The number of benzene rings is 1. The minimum absolute atomic E-state index is 0.896. The predicted octanol–water partition coefficient (Wildman–Crippen LogP) is 1.53. The van der Waals surface area contributed by atoms with Crippen LogP contribution in [-0.2, 0) is 0 Å². The zero-order chi connectivity index (χ0) is 7.40. The Morgan fingerprint density at radius 2 is 1.90 bits per heavy atom. The first-order valence-corrected chi connectivity index (χ1v) is 3.03. The van der Waals surface area contributed by atoms with Gasteiger partial charge < -0.3 is 0 Å². The Kier molecular flexibility index (Phi) is 1.96. The van der Waals surface area contributed by atoms with Crippen molar-refractivity contribution in [2.75, 3.05) is 7.05 Å². The smallest absolute Gasteiger partial charge is 0.0571 e. The molecule has 1 aromatic carbocycles. The maximum Gasteiger partial charge on any atom is 0.0571 e. The molecule has 49 valence electrons. The van der Waals surface area contributed by atoms with Crippen LogP contribution in [0.15, 0.2) is 24.3 Å². The van der Waals surface area contributed by atoms with E-state index in [0.717, 1.165) is 11.3 Å².